The number of aromatic nitrogens is 2. The third kappa shape index (κ3) is 10.9. The van der Waals surface area contributed by atoms with Gasteiger partial charge in [0.15, 0.2) is 6.10 Å². The van der Waals surface area contributed by atoms with Gasteiger partial charge in [-0.3, -0.25) is 24.9 Å². The summed E-state index contributed by atoms with van der Waals surface area (Å²) in [6.45, 7) is 2.51. The minimum atomic E-state index is -2.87. The van der Waals surface area contributed by atoms with E-state index in [9.17, 15) is 28.8 Å². The number of carbonyl (C=O) groups is 6. The van der Waals surface area contributed by atoms with Crippen molar-refractivity contribution >= 4 is 35.8 Å². The summed E-state index contributed by atoms with van der Waals surface area (Å²) in [6, 6.07) is -1.62. The number of carbonyl (C=O) groups excluding carboxylic acids is 6. The number of hydrogen-bond donors (Lipinski definition) is 5. The first kappa shape index (κ1) is 31.9. The van der Waals surface area contributed by atoms with Gasteiger partial charge in [-0.2, -0.15) is 0 Å². The summed E-state index contributed by atoms with van der Waals surface area (Å²) >= 11 is 0. The first-order valence-electron chi connectivity index (χ1n) is 11.0. The van der Waals surface area contributed by atoms with Crippen molar-refractivity contribution in [2.45, 2.75) is 57.9 Å². The molecule has 0 aliphatic heterocycles. The summed E-state index contributed by atoms with van der Waals surface area (Å²) < 4.78 is 15.1. The number of nitrogens with zero attached hydrogens (tertiary/aromatic N) is 1. The van der Waals surface area contributed by atoms with Gasteiger partial charge in [0.1, 0.15) is 12.6 Å². The number of imidazole rings is 1. The molecule has 1 aromatic rings. The highest BCUT2D eigenvalue weighted by Crippen LogP contribution is 2.22. The fourth-order valence-electron chi connectivity index (χ4n) is 2.65. The van der Waals surface area contributed by atoms with Crippen LogP contribution in [0.5, 0.6) is 6.01 Å². The molecule has 18 nitrogen and oxygen atoms in total. The van der Waals surface area contributed by atoms with E-state index in [1.807, 2.05) is 5.48 Å². The van der Waals surface area contributed by atoms with Crippen LogP contribution in [0.2, 0.25) is 0 Å². The van der Waals surface area contributed by atoms with Crippen LogP contribution in [0.25, 0.3) is 0 Å². The van der Waals surface area contributed by atoms with Crippen LogP contribution >= 0.6 is 0 Å². The first-order valence-corrected chi connectivity index (χ1v) is 11.0. The Morgan fingerprint density at radius 2 is 1.76 bits per heavy atom. The molecule has 1 heterocycles. The van der Waals surface area contributed by atoms with Crippen LogP contribution in [-0.2, 0) is 59.3 Å². The highest BCUT2D eigenvalue weighted by Gasteiger charge is 2.52. The molecule has 0 amide bonds. The lowest BCUT2D eigenvalue weighted by Gasteiger charge is -2.33. The van der Waals surface area contributed by atoms with Crippen molar-refractivity contribution in [3.8, 4) is 6.01 Å². The molecule has 0 fully saturated rings. The summed E-state index contributed by atoms with van der Waals surface area (Å²) in [4.78, 5) is 90.2. The Kier molecular flexibility index (Phi) is 12.8. The summed E-state index contributed by atoms with van der Waals surface area (Å²) in [6.07, 6.45) is -0.846. The second kappa shape index (κ2) is 15.2. The van der Waals surface area contributed by atoms with Gasteiger partial charge < -0.3 is 35.5 Å². The molecule has 3 atom stereocenters. The molecule has 18 heteroatoms. The molecule has 1 aromatic heterocycles. The maximum Gasteiger partial charge on any atom is 0.417 e. The van der Waals surface area contributed by atoms with Gasteiger partial charge >= 0.3 is 47.6 Å². The van der Waals surface area contributed by atoms with E-state index < -0.39 is 60.2 Å². The SMILES string of the molecule is CC(=O)ONCC(=O)OC(CCCN)[C@@](N)(OC(=O)C(N)Cc1cnc(OC(C)=O)[nH]1)C(=O)OOC(C)=O. The lowest BCUT2D eigenvalue weighted by Crippen LogP contribution is -2.63. The third-order valence-corrected chi connectivity index (χ3v) is 4.27. The summed E-state index contributed by atoms with van der Waals surface area (Å²) in [7, 11) is 0. The monoisotopic (exact) mass is 546 g/mol. The number of ether oxygens (including phenoxy) is 3. The molecule has 0 aliphatic carbocycles. The smallest absolute Gasteiger partial charge is 0.417 e. The quantitative estimate of drug-likeness (QED) is 0.0515. The summed E-state index contributed by atoms with van der Waals surface area (Å²) in [5.74, 6) is -6.41. The molecule has 0 aromatic carbocycles. The molecule has 0 spiro atoms. The minimum Gasteiger partial charge on any atom is -0.455 e. The second-order valence-electron chi connectivity index (χ2n) is 7.60. The summed E-state index contributed by atoms with van der Waals surface area (Å²) in [5, 5.41) is 0. The first-order chi connectivity index (χ1) is 17.8. The number of H-pyrrole nitrogens is 1. The largest absolute Gasteiger partial charge is 0.455 e. The third-order valence-electron chi connectivity index (χ3n) is 4.27. The maximum atomic E-state index is 12.8. The Morgan fingerprint density at radius 1 is 1.08 bits per heavy atom. The molecule has 38 heavy (non-hydrogen) atoms. The lowest BCUT2D eigenvalue weighted by atomic mass is 10.0. The van der Waals surface area contributed by atoms with Crippen LogP contribution in [0.15, 0.2) is 6.20 Å². The zero-order valence-electron chi connectivity index (χ0n) is 20.8. The number of nitrogens with two attached hydrogens (primary N) is 3. The van der Waals surface area contributed by atoms with E-state index in [4.69, 9.17) is 31.4 Å². The van der Waals surface area contributed by atoms with Crippen molar-refractivity contribution in [1.82, 2.24) is 15.4 Å². The predicted octanol–water partition coefficient (Wildman–Crippen LogP) is -2.86. The molecule has 0 aliphatic rings. The minimum absolute atomic E-state index is 0.0484. The van der Waals surface area contributed by atoms with Crippen LogP contribution in [0.3, 0.4) is 0 Å². The number of hydroxylamine groups is 1. The predicted molar refractivity (Wildman–Crippen MR) is 120 cm³/mol. The van der Waals surface area contributed by atoms with Crippen LogP contribution < -0.4 is 27.4 Å². The molecule has 8 N–H and O–H groups in total. The number of hydrogen-bond acceptors (Lipinski definition) is 17. The van der Waals surface area contributed by atoms with E-state index in [1.165, 1.54) is 6.20 Å². The Balaban J connectivity index is 3.13. The van der Waals surface area contributed by atoms with Gasteiger partial charge in [0.25, 0.3) is 0 Å². The van der Waals surface area contributed by atoms with Crippen LogP contribution in [0.1, 0.15) is 39.3 Å². The molecular formula is C20H30N6O12. The second-order valence-corrected chi connectivity index (χ2v) is 7.60. The Bertz CT molecular complexity index is 1010. The van der Waals surface area contributed by atoms with Gasteiger partial charge in [0, 0.05) is 32.9 Å². The Labute approximate surface area is 215 Å². The van der Waals surface area contributed by atoms with Gasteiger partial charge in [-0.15, -0.1) is 5.48 Å². The van der Waals surface area contributed by atoms with Crippen molar-refractivity contribution in [2.24, 2.45) is 17.2 Å². The van der Waals surface area contributed by atoms with Gasteiger partial charge in [-0.05, 0) is 19.4 Å². The van der Waals surface area contributed by atoms with E-state index in [1.54, 1.807) is 0 Å². The normalized spacial score (nSPS) is 13.7. The van der Waals surface area contributed by atoms with Crippen LogP contribution in [0, 0.1) is 0 Å². The highest BCUT2D eigenvalue weighted by atomic mass is 17.2. The fraction of sp³-hybridized carbons (Fsp3) is 0.550. The average Bonchev–Trinajstić information content (AvgIpc) is 3.25. The molecular weight excluding hydrogens is 516 g/mol. The van der Waals surface area contributed by atoms with Crippen LogP contribution in [-0.4, -0.2) is 76.7 Å². The fourth-order valence-corrected chi connectivity index (χ4v) is 2.65. The van der Waals surface area contributed by atoms with E-state index in [2.05, 4.69) is 24.6 Å². The van der Waals surface area contributed by atoms with E-state index in [0.29, 0.717) is 0 Å². The van der Waals surface area contributed by atoms with E-state index >= 15 is 0 Å². The van der Waals surface area contributed by atoms with Crippen LogP contribution in [0.4, 0.5) is 0 Å². The standard InChI is InChI=1S/C20H30N6O12/c1-10(27)33-19-24-8-13(26-19)7-14(22)17(31)35-20(23,18(32)38-37-12(3)29)15(5-4-6-21)34-16(30)9-25-36-11(2)28/h8,14-15,25H,4-7,9,21-23H2,1-3H3,(H,24,26)/t14?,15?,20-/m1/s1. The number of esters is 3. The average molecular weight is 546 g/mol. The molecule has 1 rings (SSSR count). The van der Waals surface area contributed by atoms with E-state index in [-0.39, 0.29) is 37.5 Å². The van der Waals surface area contributed by atoms with Gasteiger partial charge in [-0.1, -0.05) is 0 Å². The maximum absolute atomic E-state index is 12.8. The zero-order chi connectivity index (χ0) is 28.9. The van der Waals surface area contributed by atoms with Crippen molar-refractivity contribution in [3.05, 3.63) is 11.9 Å². The Hall–Kier alpha value is -4.13. The molecule has 0 bridgehead atoms. The number of rotatable bonds is 14. The van der Waals surface area contributed by atoms with Gasteiger partial charge in [-0.25, -0.2) is 24.3 Å². The Morgan fingerprint density at radius 3 is 2.34 bits per heavy atom. The van der Waals surface area contributed by atoms with E-state index in [0.717, 1.165) is 20.8 Å². The molecule has 2 unspecified atom stereocenters. The molecule has 0 saturated heterocycles. The number of aromatic amines is 1. The topological polar surface area (TPSA) is 277 Å². The summed E-state index contributed by atoms with van der Waals surface area (Å²) in [5.41, 5.74) is 16.8. The van der Waals surface area contributed by atoms with Gasteiger partial charge in [0.05, 0.1) is 6.20 Å². The lowest BCUT2D eigenvalue weighted by molar-refractivity contribution is -0.276. The van der Waals surface area contributed by atoms with Gasteiger partial charge in [0.2, 0.25) is 0 Å². The molecule has 212 valence electrons. The zero-order valence-corrected chi connectivity index (χ0v) is 20.8. The number of nitrogens with one attached hydrogen (secondary N) is 2. The van der Waals surface area contributed by atoms with Crippen molar-refractivity contribution in [3.63, 3.8) is 0 Å². The molecule has 0 radical (unpaired) electrons. The molecule has 0 saturated carbocycles. The highest BCUT2D eigenvalue weighted by molar-refractivity contribution is 5.86. The van der Waals surface area contributed by atoms with Crippen molar-refractivity contribution in [2.75, 3.05) is 13.1 Å². The van der Waals surface area contributed by atoms with Crippen molar-refractivity contribution in [1.29, 1.82) is 0 Å². The van der Waals surface area contributed by atoms with Crippen molar-refractivity contribution < 1.29 is 57.6 Å².